The smallest absolute Gasteiger partial charge is 0.248 e. The van der Waals surface area contributed by atoms with Crippen LogP contribution in [0.5, 0.6) is 0 Å². The highest BCUT2D eigenvalue weighted by atomic mass is 35.5. The van der Waals surface area contributed by atoms with E-state index in [2.05, 4.69) is 10.3 Å². The van der Waals surface area contributed by atoms with Gasteiger partial charge in [0.05, 0.1) is 0 Å². The maximum Gasteiger partial charge on any atom is 0.248 e. The first-order valence-electron chi connectivity index (χ1n) is 8.79. The van der Waals surface area contributed by atoms with Crippen molar-refractivity contribution in [1.29, 1.82) is 0 Å². The number of amides is 1. The molecule has 28 heavy (non-hydrogen) atoms. The third-order valence-electron chi connectivity index (χ3n) is 4.24. The number of hydrogen-bond acceptors (Lipinski definition) is 3. The normalized spacial score (nSPS) is 11.2. The largest absolute Gasteiger partial charge is 0.436 e. The molecule has 0 atom stereocenters. The Morgan fingerprint density at radius 1 is 1.04 bits per heavy atom. The molecule has 4 rings (SSSR count). The van der Waals surface area contributed by atoms with Crippen LogP contribution >= 0.6 is 11.6 Å². The Kier molecular flexibility index (Phi) is 4.96. The maximum absolute atomic E-state index is 12.1. The van der Waals surface area contributed by atoms with Gasteiger partial charge in [-0.2, -0.15) is 0 Å². The van der Waals surface area contributed by atoms with Gasteiger partial charge in [0.1, 0.15) is 5.52 Å². The number of benzene rings is 3. The molecular weight excluding hydrogens is 372 g/mol. The van der Waals surface area contributed by atoms with Gasteiger partial charge in [0.2, 0.25) is 11.8 Å². The van der Waals surface area contributed by atoms with Gasteiger partial charge in [-0.15, -0.1) is 0 Å². The Morgan fingerprint density at radius 3 is 2.54 bits per heavy atom. The molecule has 138 valence electrons. The summed E-state index contributed by atoms with van der Waals surface area (Å²) in [5.74, 6) is 0.348. The summed E-state index contributed by atoms with van der Waals surface area (Å²) in [5, 5.41) is 3.50. The van der Waals surface area contributed by atoms with E-state index >= 15 is 0 Å². The van der Waals surface area contributed by atoms with Crippen molar-refractivity contribution in [3.8, 4) is 11.5 Å². The third-order valence-corrected chi connectivity index (χ3v) is 4.49. The minimum Gasteiger partial charge on any atom is -0.436 e. The van der Waals surface area contributed by atoms with Gasteiger partial charge in [0.15, 0.2) is 5.58 Å². The summed E-state index contributed by atoms with van der Waals surface area (Å²) in [6.07, 6.45) is 3.22. The van der Waals surface area contributed by atoms with Gasteiger partial charge in [0.25, 0.3) is 0 Å². The first kappa shape index (κ1) is 18.0. The van der Waals surface area contributed by atoms with Crippen LogP contribution in [-0.2, 0) is 4.79 Å². The van der Waals surface area contributed by atoms with Crippen LogP contribution in [0.2, 0.25) is 5.02 Å². The zero-order valence-electron chi connectivity index (χ0n) is 15.1. The van der Waals surface area contributed by atoms with Crippen molar-refractivity contribution in [2.75, 3.05) is 5.32 Å². The van der Waals surface area contributed by atoms with E-state index in [0.717, 1.165) is 27.8 Å². The Morgan fingerprint density at radius 2 is 1.79 bits per heavy atom. The second-order valence-corrected chi connectivity index (χ2v) is 6.88. The number of anilines is 1. The van der Waals surface area contributed by atoms with Crippen molar-refractivity contribution in [3.05, 3.63) is 89.0 Å². The van der Waals surface area contributed by atoms with Crippen molar-refractivity contribution in [3.63, 3.8) is 0 Å². The average Bonchev–Trinajstić information content (AvgIpc) is 3.11. The zero-order chi connectivity index (χ0) is 19.5. The third kappa shape index (κ3) is 4.13. The standard InChI is InChI=1S/C23H17ClN2O2/c1-15-2-12-21-20(14-15)26-23(28-21)17-6-10-19(11-7-17)25-22(27)13-5-16-3-8-18(24)9-4-16/h2-14H,1H3,(H,25,27)/b13-5+. The van der Waals surface area contributed by atoms with Crippen LogP contribution in [0, 0.1) is 6.92 Å². The highest BCUT2D eigenvalue weighted by Crippen LogP contribution is 2.26. The zero-order valence-corrected chi connectivity index (χ0v) is 15.9. The minimum atomic E-state index is -0.208. The lowest BCUT2D eigenvalue weighted by molar-refractivity contribution is -0.111. The van der Waals surface area contributed by atoms with Gasteiger partial charge in [-0.25, -0.2) is 4.98 Å². The van der Waals surface area contributed by atoms with E-state index in [9.17, 15) is 4.79 Å². The van der Waals surface area contributed by atoms with Gasteiger partial charge >= 0.3 is 0 Å². The first-order valence-corrected chi connectivity index (χ1v) is 9.17. The topological polar surface area (TPSA) is 55.1 Å². The van der Waals surface area contributed by atoms with E-state index in [4.69, 9.17) is 16.0 Å². The number of hydrogen-bond donors (Lipinski definition) is 1. The van der Waals surface area contributed by atoms with Crippen LogP contribution in [0.1, 0.15) is 11.1 Å². The molecule has 0 unspecified atom stereocenters. The van der Waals surface area contributed by atoms with Crippen molar-refractivity contribution >= 4 is 40.4 Å². The summed E-state index contributed by atoms with van der Waals surface area (Å²) in [6.45, 7) is 2.02. The fraction of sp³-hybridized carbons (Fsp3) is 0.0435. The molecule has 0 aliphatic rings. The van der Waals surface area contributed by atoms with Crippen LogP contribution in [0.4, 0.5) is 5.69 Å². The maximum atomic E-state index is 12.1. The Labute approximate surface area is 167 Å². The quantitative estimate of drug-likeness (QED) is 0.429. The van der Waals surface area contributed by atoms with Gasteiger partial charge in [-0.05, 0) is 72.7 Å². The molecule has 0 spiro atoms. The molecule has 3 aromatic carbocycles. The summed E-state index contributed by atoms with van der Waals surface area (Å²) >= 11 is 5.85. The predicted octanol–water partition coefficient (Wildman–Crippen LogP) is 6.11. The summed E-state index contributed by atoms with van der Waals surface area (Å²) in [7, 11) is 0. The lowest BCUT2D eigenvalue weighted by Gasteiger charge is -2.03. The number of aryl methyl sites for hydroxylation is 1. The highest BCUT2D eigenvalue weighted by Gasteiger charge is 2.08. The molecule has 1 heterocycles. The van der Waals surface area contributed by atoms with Gasteiger partial charge in [0, 0.05) is 22.3 Å². The second-order valence-electron chi connectivity index (χ2n) is 6.44. The first-order chi connectivity index (χ1) is 13.6. The number of aromatic nitrogens is 1. The molecule has 1 N–H and O–H groups in total. The second kappa shape index (κ2) is 7.71. The van der Waals surface area contributed by atoms with Gasteiger partial charge in [-0.3, -0.25) is 4.79 Å². The predicted molar refractivity (Wildman–Crippen MR) is 113 cm³/mol. The van der Waals surface area contributed by atoms with E-state index < -0.39 is 0 Å². The Balaban J connectivity index is 1.45. The van der Waals surface area contributed by atoms with Crippen molar-refractivity contribution in [2.24, 2.45) is 0 Å². The fourth-order valence-corrected chi connectivity index (χ4v) is 2.91. The van der Waals surface area contributed by atoms with E-state index in [0.29, 0.717) is 16.6 Å². The van der Waals surface area contributed by atoms with Crippen LogP contribution in [0.3, 0.4) is 0 Å². The van der Waals surface area contributed by atoms with Crippen molar-refractivity contribution < 1.29 is 9.21 Å². The molecule has 0 radical (unpaired) electrons. The van der Waals surface area contributed by atoms with Gasteiger partial charge in [-0.1, -0.05) is 29.8 Å². The molecule has 0 bridgehead atoms. The van der Waals surface area contributed by atoms with Crippen LogP contribution in [0.25, 0.3) is 28.6 Å². The van der Waals surface area contributed by atoms with E-state index in [1.54, 1.807) is 18.2 Å². The molecule has 0 fully saturated rings. The van der Waals surface area contributed by atoms with Crippen molar-refractivity contribution in [2.45, 2.75) is 6.92 Å². The lowest BCUT2D eigenvalue weighted by atomic mass is 10.2. The van der Waals surface area contributed by atoms with Crippen LogP contribution < -0.4 is 5.32 Å². The number of oxazole rings is 1. The molecule has 4 aromatic rings. The molecule has 1 aromatic heterocycles. The monoisotopic (exact) mass is 388 g/mol. The number of nitrogens with zero attached hydrogens (tertiary/aromatic N) is 1. The number of rotatable bonds is 4. The van der Waals surface area contributed by atoms with E-state index in [-0.39, 0.29) is 5.91 Å². The van der Waals surface area contributed by atoms with Crippen LogP contribution in [-0.4, -0.2) is 10.9 Å². The molecule has 0 saturated carbocycles. The summed E-state index contributed by atoms with van der Waals surface area (Å²) in [5.41, 5.74) is 5.17. The molecule has 0 aliphatic heterocycles. The summed E-state index contributed by atoms with van der Waals surface area (Å²) in [4.78, 5) is 16.6. The van der Waals surface area contributed by atoms with E-state index in [1.807, 2.05) is 61.5 Å². The SMILES string of the molecule is Cc1ccc2oc(-c3ccc(NC(=O)/C=C/c4ccc(Cl)cc4)cc3)nc2c1. The molecule has 4 nitrogen and oxygen atoms in total. The number of nitrogens with one attached hydrogen (secondary N) is 1. The molecule has 5 heteroatoms. The fourth-order valence-electron chi connectivity index (χ4n) is 2.79. The average molecular weight is 389 g/mol. The molecule has 0 saturated heterocycles. The Hall–Kier alpha value is -3.37. The van der Waals surface area contributed by atoms with Crippen molar-refractivity contribution in [1.82, 2.24) is 4.98 Å². The highest BCUT2D eigenvalue weighted by molar-refractivity contribution is 6.30. The van der Waals surface area contributed by atoms with Gasteiger partial charge < -0.3 is 9.73 Å². The summed E-state index contributed by atoms with van der Waals surface area (Å²) in [6, 6.07) is 20.6. The summed E-state index contributed by atoms with van der Waals surface area (Å²) < 4.78 is 5.81. The minimum absolute atomic E-state index is 0.208. The number of carbonyl (C=O) groups excluding carboxylic acids is 1. The Bertz CT molecular complexity index is 1160. The number of carbonyl (C=O) groups is 1. The number of halogens is 1. The lowest BCUT2D eigenvalue weighted by Crippen LogP contribution is -2.07. The molecule has 0 aliphatic carbocycles. The number of fused-ring (bicyclic) bond motifs is 1. The molecule has 1 amide bonds. The molecular formula is C23H17ClN2O2. The van der Waals surface area contributed by atoms with E-state index in [1.165, 1.54) is 6.08 Å². The van der Waals surface area contributed by atoms with Crippen LogP contribution in [0.15, 0.2) is 77.2 Å².